The monoisotopic (exact) mass is 292 g/mol. The van der Waals surface area contributed by atoms with Crippen LogP contribution >= 0.6 is 0 Å². The first-order chi connectivity index (χ1) is 10.8. The van der Waals surface area contributed by atoms with Crippen LogP contribution in [0.25, 0.3) is 11.1 Å². The van der Waals surface area contributed by atoms with Crippen LogP contribution in [0.4, 0.5) is 0 Å². The van der Waals surface area contributed by atoms with Crippen molar-refractivity contribution in [3.05, 3.63) is 59.7 Å². The molecule has 2 aliphatic rings. The first-order valence-corrected chi connectivity index (χ1v) is 8.66. The van der Waals surface area contributed by atoms with E-state index < -0.39 is 0 Å². The summed E-state index contributed by atoms with van der Waals surface area (Å²) in [6.07, 6.45) is 6.74. The van der Waals surface area contributed by atoms with Gasteiger partial charge in [-0.2, -0.15) is 0 Å². The van der Waals surface area contributed by atoms with Crippen LogP contribution in [-0.4, -0.2) is 12.7 Å². The molecule has 1 nitrogen and oxygen atoms in total. The maximum Gasteiger partial charge on any atom is 0.0821 e. The van der Waals surface area contributed by atoms with Gasteiger partial charge in [0.05, 0.1) is 12.7 Å². The van der Waals surface area contributed by atoms with Crippen molar-refractivity contribution in [2.45, 2.75) is 50.5 Å². The summed E-state index contributed by atoms with van der Waals surface area (Å²) in [5, 5.41) is 0. The number of epoxide rings is 1. The van der Waals surface area contributed by atoms with Gasteiger partial charge in [-0.3, -0.25) is 0 Å². The summed E-state index contributed by atoms with van der Waals surface area (Å²) in [5.74, 6) is 0. The molecule has 0 spiro atoms. The maximum absolute atomic E-state index is 5.63. The van der Waals surface area contributed by atoms with Gasteiger partial charge < -0.3 is 4.74 Å². The molecule has 0 saturated carbocycles. The Bertz CT molecular complexity index is 624. The summed E-state index contributed by atoms with van der Waals surface area (Å²) >= 11 is 0. The van der Waals surface area contributed by atoms with E-state index in [9.17, 15) is 0 Å². The average molecular weight is 292 g/mol. The van der Waals surface area contributed by atoms with Crippen LogP contribution < -0.4 is 0 Å². The Balaban J connectivity index is 1.84. The predicted octanol–water partition coefficient (Wildman–Crippen LogP) is 5.32. The lowest BCUT2D eigenvalue weighted by Gasteiger charge is -2.32. The molecule has 2 aromatic carbocycles. The molecule has 1 fully saturated rings. The SMILES string of the molecule is CCCCCC1(CC2CO2)c2ccccc2-c2ccccc21. The Kier molecular flexibility index (Phi) is 3.54. The van der Waals surface area contributed by atoms with Gasteiger partial charge in [0.25, 0.3) is 0 Å². The topological polar surface area (TPSA) is 12.5 Å². The van der Waals surface area contributed by atoms with Crippen LogP contribution in [0.2, 0.25) is 0 Å². The zero-order valence-corrected chi connectivity index (χ0v) is 13.3. The van der Waals surface area contributed by atoms with Gasteiger partial charge in [-0.25, -0.2) is 0 Å². The van der Waals surface area contributed by atoms with Gasteiger partial charge in [-0.05, 0) is 35.1 Å². The Morgan fingerprint density at radius 3 is 2.09 bits per heavy atom. The minimum atomic E-state index is 0.170. The minimum absolute atomic E-state index is 0.170. The molecule has 0 bridgehead atoms. The third-order valence-corrected chi connectivity index (χ3v) is 5.36. The van der Waals surface area contributed by atoms with Crippen LogP contribution in [-0.2, 0) is 10.2 Å². The third kappa shape index (κ3) is 2.19. The van der Waals surface area contributed by atoms with Crippen molar-refractivity contribution in [3.63, 3.8) is 0 Å². The number of rotatable bonds is 6. The van der Waals surface area contributed by atoms with Crippen molar-refractivity contribution in [1.29, 1.82) is 0 Å². The predicted molar refractivity (Wildman–Crippen MR) is 91.2 cm³/mol. The Hall–Kier alpha value is -1.60. The summed E-state index contributed by atoms with van der Waals surface area (Å²) < 4.78 is 5.63. The lowest BCUT2D eigenvalue weighted by molar-refractivity contribution is 0.332. The average Bonchev–Trinajstić information content (AvgIpc) is 3.33. The number of hydrogen-bond acceptors (Lipinski definition) is 1. The highest BCUT2D eigenvalue weighted by molar-refractivity contribution is 5.81. The largest absolute Gasteiger partial charge is 0.373 e. The Labute approximate surface area is 133 Å². The summed E-state index contributed by atoms with van der Waals surface area (Å²) in [4.78, 5) is 0. The Morgan fingerprint density at radius 2 is 1.55 bits per heavy atom. The Morgan fingerprint density at radius 1 is 0.955 bits per heavy atom. The molecule has 1 atom stereocenters. The van der Waals surface area contributed by atoms with Gasteiger partial charge in [0.1, 0.15) is 0 Å². The van der Waals surface area contributed by atoms with Crippen LogP contribution in [0.3, 0.4) is 0 Å². The van der Waals surface area contributed by atoms with Gasteiger partial charge in [-0.1, -0.05) is 74.7 Å². The summed E-state index contributed by atoms with van der Waals surface area (Å²) in [6.45, 7) is 3.23. The molecule has 0 N–H and O–H groups in total. The lowest BCUT2D eigenvalue weighted by Crippen LogP contribution is -2.27. The minimum Gasteiger partial charge on any atom is -0.373 e. The van der Waals surface area contributed by atoms with E-state index in [0.29, 0.717) is 6.10 Å². The van der Waals surface area contributed by atoms with Gasteiger partial charge in [0, 0.05) is 5.41 Å². The third-order valence-electron chi connectivity index (χ3n) is 5.36. The quantitative estimate of drug-likeness (QED) is 0.518. The second-order valence-electron chi connectivity index (χ2n) is 6.79. The van der Waals surface area contributed by atoms with Crippen LogP contribution in [0, 0.1) is 0 Å². The molecule has 1 unspecified atom stereocenters. The van der Waals surface area contributed by atoms with E-state index in [1.165, 1.54) is 47.9 Å². The fraction of sp³-hybridized carbons (Fsp3) is 0.429. The zero-order valence-electron chi connectivity index (χ0n) is 13.3. The van der Waals surface area contributed by atoms with E-state index in [1.807, 2.05) is 0 Å². The number of fused-ring (bicyclic) bond motifs is 3. The fourth-order valence-electron chi connectivity index (χ4n) is 4.26. The molecule has 1 aliphatic heterocycles. The highest BCUT2D eigenvalue weighted by Gasteiger charge is 2.46. The van der Waals surface area contributed by atoms with Gasteiger partial charge in [0.15, 0.2) is 0 Å². The molecule has 1 saturated heterocycles. The summed E-state index contributed by atoms with van der Waals surface area (Å²) in [5.41, 5.74) is 6.11. The smallest absolute Gasteiger partial charge is 0.0821 e. The standard InChI is InChI=1S/C21H24O/c1-2-3-8-13-21(14-16-15-22-16)19-11-6-4-9-17(19)18-10-5-7-12-20(18)21/h4-7,9-12,16H,2-3,8,13-15H2,1H3. The highest BCUT2D eigenvalue weighted by Crippen LogP contribution is 2.54. The van der Waals surface area contributed by atoms with Crippen molar-refractivity contribution in [3.8, 4) is 11.1 Å². The lowest BCUT2D eigenvalue weighted by atomic mass is 9.71. The molecule has 0 aromatic heterocycles. The van der Waals surface area contributed by atoms with Crippen LogP contribution in [0.5, 0.6) is 0 Å². The first kappa shape index (κ1) is 14.0. The van der Waals surface area contributed by atoms with E-state index in [0.717, 1.165) is 13.0 Å². The van der Waals surface area contributed by atoms with Gasteiger partial charge in [0.2, 0.25) is 0 Å². The molecule has 2 aromatic rings. The fourth-order valence-corrected chi connectivity index (χ4v) is 4.26. The molecule has 114 valence electrons. The second-order valence-corrected chi connectivity index (χ2v) is 6.79. The molecule has 1 aliphatic carbocycles. The summed E-state index contributed by atoms with van der Waals surface area (Å²) in [7, 11) is 0. The number of hydrogen-bond donors (Lipinski definition) is 0. The summed E-state index contributed by atoms with van der Waals surface area (Å²) in [6, 6.07) is 18.0. The van der Waals surface area contributed by atoms with E-state index in [4.69, 9.17) is 4.74 Å². The molecule has 0 amide bonds. The van der Waals surface area contributed by atoms with Crippen molar-refractivity contribution >= 4 is 0 Å². The molecule has 0 radical (unpaired) electrons. The molecule has 1 heteroatoms. The normalized spacial score (nSPS) is 20.5. The molecular formula is C21H24O. The van der Waals surface area contributed by atoms with Crippen molar-refractivity contribution < 1.29 is 4.74 Å². The molecule has 1 heterocycles. The van der Waals surface area contributed by atoms with Gasteiger partial charge in [-0.15, -0.1) is 0 Å². The second kappa shape index (κ2) is 5.55. The molecular weight excluding hydrogens is 268 g/mol. The van der Waals surface area contributed by atoms with E-state index in [2.05, 4.69) is 55.5 Å². The molecule has 4 rings (SSSR count). The van der Waals surface area contributed by atoms with E-state index in [1.54, 1.807) is 0 Å². The van der Waals surface area contributed by atoms with Gasteiger partial charge >= 0.3 is 0 Å². The molecule has 22 heavy (non-hydrogen) atoms. The zero-order chi connectivity index (χ0) is 15.0. The van der Waals surface area contributed by atoms with E-state index in [-0.39, 0.29) is 5.41 Å². The van der Waals surface area contributed by atoms with Crippen LogP contribution in [0.15, 0.2) is 48.5 Å². The first-order valence-electron chi connectivity index (χ1n) is 8.66. The van der Waals surface area contributed by atoms with E-state index >= 15 is 0 Å². The number of unbranched alkanes of at least 4 members (excludes halogenated alkanes) is 2. The highest BCUT2D eigenvalue weighted by atomic mass is 16.6. The number of ether oxygens (including phenoxy) is 1. The van der Waals surface area contributed by atoms with Crippen molar-refractivity contribution in [1.82, 2.24) is 0 Å². The van der Waals surface area contributed by atoms with Crippen LogP contribution in [0.1, 0.15) is 50.2 Å². The van der Waals surface area contributed by atoms with Crippen molar-refractivity contribution in [2.24, 2.45) is 0 Å². The van der Waals surface area contributed by atoms with Crippen molar-refractivity contribution in [2.75, 3.05) is 6.61 Å². The number of benzene rings is 2. The maximum atomic E-state index is 5.63.